The minimum absolute atomic E-state index is 0.276. The molecule has 4 rings (SSSR count). The molecule has 0 saturated heterocycles. The van der Waals surface area contributed by atoms with E-state index in [2.05, 4.69) is 15.6 Å². The minimum Gasteiger partial charge on any atom is -0.360 e. The quantitative estimate of drug-likeness (QED) is 0.650. The molecule has 0 bridgehead atoms. The molecule has 3 aromatic rings. The van der Waals surface area contributed by atoms with Crippen molar-refractivity contribution in [1.82, 2.24) is 14.9 Å². The van der Waals surface area contributed by atoms with Gasteiger partial charge in [0.25, 0.3) is 5.91 Å². The first kappa shape index (κ1) is 18.1. The zero-order valence-electron chi connectivity index (χ0n) is 14.9. The highest BCUT2D eigenvalue weighted by Crippen LogP contribution is 2.40. The number of carbonyl (C=O) groups excluding carboxylic acids is 1. The van der Waals surface area contributed by atoms with Crippen LogP contribution in [0.4, 0.5) is 5.69 Å². The van der Waals surface area contributed by atoms with Crippen molar-refractivity contribution in [2.24, 2.45) is 0 Å². The number of aryl methyl sites for hydroxylation is 1. The number of benzene rings is 1. The summed E-state index contributed by atoms with van der Waals surface area (Å²) in [6, 6.07) is 7.10. The van der Waals surface area contributed by atoms with E-state index in [0.717, 1.165) is 29.9 Å². The van der Waals surface area contributed by atoms with E-state index < -0.39 is 0 Å². The van der Waals surface area contributed by atoms with Crippen molar-refractivity contribution in [3.8, 4) is 0 Å². The Morgan fingerprint density at radius 1 is 1.30 bits per heavy atom. The van der Waals surface area contributed by atoms with Crippen LogP contribution in [0.5, 0.6) is 0 Å². The van der Waals surface area contributed by atoms with Crippen molar-refractivity contribution in [1.29, 1.82) is 0 Å². The van der Waals surface area contributed by atoms with Gasteiger partial charge < -0.3 is 9.84 Å². The summed E-state index contributed by atoms with van der Waals surface area (Å²) in [7, 11) is 0. The van der Waals surface area contributed by atoms with Crippen LogP contribution in [-0.2, 0) is 6.54 Å². The van der Waals surface area contributed by atoms with Crippen LogP contribution >= 0.6 is 23.2 Å². The number of hydrogen-bond acceptors (Lipinski definition) is 4. The molecular formula is C19H18Cl2N4O2. The van der Waals surface area contributed by atoms with Gasteiger partial charge in [0.2, 0.25) is 0 Å². The van der Waals surface area contributed by atoms with Crippen LogP contribution in [0, 0.1) is 13.8 Å². The van der Waals surface area contributed by atoms with E-state index in [4.69, 9.17) is 27.7 Å². The summed E-state index contributed by atoms with van der Waals surface area (Å²) >= 11 is 12.5. The Bertz CT molecular complexity index is 1000. The van der Waals surface area contributed by atoms with Gasteiger partial charge in [0.05, 0.1) is 23.6 Å². The number of amides is 1. The molecular weight excluding hydrogens is 387 g/mol. The van der Waals surface area contributed by atoms with E-state index in [-0.39, 0.29) is 11.6 Å². The van der Waals surface area contributed by atoms with E-state index in [1.54, 1.807) is 28.9 Å². The average Bonchev–Trinajstić information content (AvgIpc) is 3.31. The van der Waals surface area contributed by atoms with Gasteiger partial charge in [-0.05, 0) is 38.8 Å². The fraction of sp³-hybridized carbons (Fsp3) is 0.316. The van der Waals surface area contributed by atoms with E-state index in [1.807, 2.05) is 13.8 Å². The van der Waals surface area contributed by atoms with Gasteiger partial charge in [0, 0.05) is 27.6 Å². The molecule has 1 N–H and O–H groups in total. The second kappa shape index (κ2) is 7.02. The number of halogens is 2. The molecule has 27 heavy (non-hydrogen) atoms. The fourth-order valence-electron chi connectivity index (χ4n) is 3.00. The molecule has 8 heteroatoms. The molecule has 0 atom stereocenters. The molecule has 1 aliphatic carbocycles. The van der Waals surface area contributed by atoms with Crippen molar-refractivity contribution >= 4 is 34.8 Å². The van der Waals surface area contributed by atoms with Gasteiger partial charge in [-0.15, -0.1) is 0 Å². The number of carbonyl (C=O) groups is 1. The van der Waals surface area contributed by atoms with E-state index in [9.17, 15) is 4.79 Å². The van der Waals surface area contributed by atoms with E-state index >= 15 is 0 Å². The second-order valence-electron chi connectivity index (χ2n) is 6.75. The lowest BCUT2D eigenvalue weighted by Gasteiger charge is -2.09. The highest BCUT2D eigenvalue weighted by Gasteiger charge is 2.29. The second-order valence-corrected chi connectivity index (χ2v) is 7.56. The van der Waals surface area contributed by atoms with Crippen molar-refractivity contribution in [3.63, 3.8) is 0 Å². The smallest absolute Gasteiger partial charge is 0.277 e. The van der Waals surface area contributed by atoms with Gasteiger partial charge in [-0.1, -0.05) is 34.4 Å². The molecule has 0 unspecified atom stereocenters. The summed E-state index contributed by atoms with van der Waals surface area (Å²) in [6.45, 7) is 4.14. The first-order valence-electron chi connectivity index (χ1n) is 8.69. The van der Waals surface area contributed by atoms with Crippen LogP contribution in [0.25, 0.3) is 0 Å². The predicted molar refractivity (Wildman–Crippen MR) is 104 cm³/mol. The number of rotatable bonds is 5. The normalized spacial score (nSPS) is 13.8. The summed E-state index contributed by atoms with van der Waals surface area (Å²) < 4.78 is 7.03. The van der Waals surface area contributed by atoms with Crippen LogP contribution in [0.2, 0.25) is 10.0 Å². The Labute approximate surface area is 166 Å². The predicted octanol–water partition coefficient (Wildman–Crippen LogP) is 4.97. The number of anilines is 1. The van der Waals surface area contributed by atoms with Crippen molar-refractivity contribution in [3.05, 3.63) is 62.7 Å². The van der Waals surface area contributed by atoms with Gasteiger partial charge in [-0.25, -0.2) is 0 Å². The first-order valence-corrected chi connectivity index (χ1v) is 9.44. The Kier molecular flexibility index (Phi) is 4.70. The summed E-state index contributed by atoms with van der Waals surface area (Å²) in [5, 5.41) is 12.5. The zero-order valence-corrected chi connectivity index (χ0v) is 16.4. The molecule has 1 fully saturated rings. The molecule has 140 valence electrons. The Morgan fingerprint density at radius 2 is 2.00 bits per heavy atom. The lowest BCUT2D eigenvalue weighted by Crippen LogP contribution is -2.13. The molecule has 0 spiro atoms. The van der Waals surface area contributed by atoms with Crippen LogP contribution < -0.4 is 5.32 Å². The van der Waals surface area contributed by atoms with Crippen LogP contribution in [0.3, 0.4) is 0 Å². The third-order valence-corrected chi connectivity index (χ3v) is 5.44. The molecule has 2 heterocycles. The van der Waals surface area contributed by atoms with Crippen molar-refractivity contribution < 1.29 is 9.32 Å². The maximum Gasteiger partial charge on any atom is 0.277 e. The standard InChI is InChI=1S/C19H18Cl2N4O2/c1-10-18(22-19(26)16-8-17(27-24-16)12-6-7-12)11(2)25(23-10)9-13-14(20)4-3-5-15(13)21/h3-5,8,12H,6-7,9H2,1-2H3,(H,22,26). The monoisotopic (exact) mass is 404 g/mol. The van der Waals surface area contributed by atoms with Gasteiger partial charge in [0.1, 0.15) is 5.76 Å². The Hall–Kier alpha value is -2.31. The molecule has 6 nitrogen and oxygen atoms in total. The highest BCUT2D eigenvalue weighted by molar-refractivity contribution is 6.35. The van der Waals surface area contributed by atoms with E-state index in [1.165, 1.54) is 0 Å². The van der Waals surface area contributed by atoms with Crippen molar-refractivity contribution in [2.75, 3.05) is 5.32 Å². The summed E-state index contributed by atoms with van der Waals surface area (Å²) in [6.07, 6.45) is 2.18. The maximum atomic E-state index is 12.5. The number of nitrogens with zero attached hydrogens (tertiary/aromatic N) is 3. The molecule has 1 amide bonds. The molecule has 0 radical (unpaired) electrons. The fourth-order valence-corrected chi connectivity index (χ4v) is 3.52. The Balaban J connectivity index is 1.56. The lowest BCUT2D eigenvalue weighted by atomic mass is 10.2. The van der Waals surface area contributed by atoms with Gasteiger partial charge in [-0.3, -0.25) is 9.48 Å². The molecule has 2 aromatic heterocycles. The van der Waals surface area contributed by atoms with E-state index in [0.29, 0.717) is 33.9 Å². The summed E-state index contributed by atoms with van der Waals surface area (Å²) in [4.78, 5) is 12.5. The van der Waals surface area contributed by atoms with Gasteiger partial charge in [0.15, 0.2) is 5.69 Å². The van der Waals surface area contributed by atoms with Crippen LogP contribution in [-0.4, -0.2) is 20.8 Å². The number of hydrogen-bond donors (Lipinski definition) is 1. The topological polar surface area (TPSA) is 73.0 Å². The Morgan fingerprint density at radius 3 is 2.67 bits per heavy atom. The summed E-state index contributed by atoms with van der Waals surface area (Å²) in [5.74, 6) is 0.871. The molecule has 1 aromatic carbocycles. The zero-order chi connectivity index (χ0) is 19.1. The average molecular weight is 405 g/mol. The van der Waals surface area contributed by atoms with Gasteiger partial charge in [-0.2, -0.15) is 5.10 Å². The highest BCUT2D eigenvalue weighted by atomic mass is 35.5. The third kappa shape index (κ3) is 3.59. The number of aromatic nitrogens is 3. The SMILES string of the molecule is Cc1nn(Cc2c(Cl)cccc2Cl)c(C)c1NC(=O)c1cc(C2CC2)on1. The molecule has 0 aliphatic heterocycles. The first-order chi connectivity index (χ1) is 12.9. The van der Waals surface area contributed by atoms with Gasteiger partial charge >= 0.3 is 0 Å². The maximum absolute atomic E-state index is 12.5. The summed E-state index contributed by atoms with van der Waals surface area (Å²) in [5.41, 5.74) is 3.23. The van der Waals surface area contributed by atoms with Crippen molar-refractivity contribution in [2.45, 2.75) is 39.2 Å². The minimum atomic E-state index is -0.313. The largest absolute Gasteiger partial charge is 0.360 e. The molecule has 1 aliphatic rings. The number of nitrogens with one attached hydrogen (secondary N) is 1. The van der Waals surface area contributed by atoms with Crippen LogP contribution in [0.15, 0.2) is 28.8 Å². The van der Waals surface area contributed by atoms with Crippen LogP contribution in [0.1, 0.15) is 52.0 Å². The third-order valence-electron chi connectivity index (χ3n) is 4.73. The lowest BCUT2D eigenvalue weighted by molar-refractivity contribution is 0.101. The molecule has 1 saturated carbocycles.